The van der Waals surface area contributed by atoms with E-state index < -0.39 is 0 Å². The lowest BCUT2D eigenvalue weighted by Crippen LogP contribution is -2.32. The summed E-state index contributed by atoms with van der Waals surface area (Å²) in [6.07, 6.45) is 5.50. The molecule has 0 aromatic heterocycles. The van der Waals surface area contributed by atoms with E-state index in [1.54, 1.807) is 7.11 Å². The molecule has 4 nitrogen and oxygen atoms in total. The Morgan fingerprint density at radius 2 is 1.63 bits per heavy atom. The lowest BCUT2D eigenvalue weighted by molar-refractivity contribution is 0.0158. The molecule has 0 saturated heterocycles. The van der Waals surface area contributed by atoms with Gasteiger partial charge in [-0.05, 0) is 50.0 Å². The number of rotatable bonds is 11. The summed E-state index contributed by atoms with van der Waals surface area (Å²) in [6.45, 7) is 4.71. The molecule has 19 heavy (non-hydrogen) atoms. The lowest BCUT2D eigenvalue weighted by Gasteiger charge is -2.30. The summed E-state index contributed by atoms with van der Waals surface area (Å²) in [5.41, 5.74) is 0.513. The first kappa shape index (κ1) is 15.2. The summed E-state index contributed by atoms with van der Waals surface area (Å²) >= 11 is 0. The molecule has 0 amide bonds. The van der Waals surface area contributed by atoms with Crippen LogP contribution in [0.1, 0.15) is 25.7 Å². The Morgan fingerprint density at radius 1 is 1.00 bits per heavy atom. The van der Waals surface area contributed by atoms with Crippen LogP contribution in [0.15, 0.2) is 0 Å². The maximum absolute atomic E-state index is 5.70. The fourth-order valence-corrected chi connectivity index (χ4v) is 3.57. The number of nitrogens with one attached hydrogen (secondary N) is 1. The Hall–Kier alpha value is -0.160. The first-order valence-electron chi connectivity index (χ1n) is 7.59. The van der Waals surface area contributed by atoms with Gasteiger partial charge in [-0.1, -0.05) is 0 Å². The van der Waals surface area contributed by atoms with E-state index in [0.717, 1.165) is 25.0 Å². The van der Waals surface area contributed by atoms with E-state index in [-0.39, 0.29) is 0 Å². The van der Waals surface area contributed by atoms with Gasteiger partial charge in [-0.3, -0.25) is 0 Å². The molecule has 0 radical (unpaired) electrons. The van der Waals surface area contributed by atoms with Crippen molar-refractivity contribution >= 4 is 0 Å². The quantitative estimate of drug-likeness (QED) is 0.581. The van der Waals surface area contributed by atoms with E-state index in [9.17, 15) is 0 Å². The molecule has 2 atom stereocenters. The van der Waals surface area contributed by atoms with Crippen LogP contribution in [-0.2, 0) is 14.2 Å². The van der Waals surface area contributed by atoms with E-state index in [1.807, 2.05) is 0 Å². The zero-order valence-corrected chi connectivity index (χ0v) is 12.5. The van der Waals surface area contributed by atoms with Crippen molar-refractivity contribution in [2.24, 2.45) is 17.3 Å². The molecule has 2 aliphatic rings. The fraction of sp³-hybridized carbons (Fsp3) is 1.00. The second-order valence-corrected chi connectivity index (χ2v) is 6.16. The van der Waals surface area contributed by atoms with E-state index in [1.165, 1.54) is 25.7 Å². The van der Waals surface area contributed by atoms with Crippen LogP contribution in [0, 0.1) is 17.3 Å². The topological polar surface area (TPSA) is 39.7 Å². The maximum Gasteiger partial charge on any atom is 0.0701 e. The van der Waals surface area contributed by atoms with Gasteiger partial charge >= 0.3 is 0 Å². The molecule has 0 aliphatic heterocycles. The van der Waals surface area contributed by atoms with Crippen molar-refractivity contribution in [1.29, 1.82) is 0 Å². The zero-order valence-electron chi connectivity index (χ0n) is 12.5. The number of hydrogen-bond acceptors (Lipinski definition) is 4. The number of methoxy groups -OCH3 is 1. The summed E-state index contributed by atoms with van der Waals surface area (Å²) in [6, 6.07) is 0. The molecular formula is C15H29NO3. The number of hydrogen-bond donors (Lipinski definition) is 1. The molecule has 112 valence electrons. The van der Waals surface area contributed by atoms with Gasteiger partial charge in [0, 0.05) is 20.3 Å². The van der Waals surface area contributed by atoms with Crippen LogP contribution in [0.3, 0.4) is 0 Å². The molecule has 0 heterocycles. The third kappa shape index (κ3) is 4.71. The molecule has 2 aliphatic carbocycles. The largest absolute Gasteiger partial charge is 0.382 e. The molecule has 0 aromatic carbocycles. The summed E-state index contributed by atoms with van der Waals surface area (Å²) in [7, 11) is 3.75. The highest BCUT2D eigenvalue weighted by Gasteiger charge is 2.52. The third-order valence-electron chi connectivity index (χ3n) is 4.59. The minimum Gasteiger partial charge on any atom is -0.382 e. The van der Waals surface area contributed by atoms with Crippen molar-refractivity contribution in [3.05, 3.63) is 0 Å². The van der Waals surface area contributed by atoms with Crippen LogP contribution in [0.5, 0.6) is 0 Å². The zero-order chi connectivity index (χ0) is 13.6. The minimum atomic E-state index is 0.513. The van der Waals surface area contributed by atoms with Gasteiger partial charge < -0.3 is 19.5 Å². The van der Waals surface area contributed by atoms with Gasteiger partial charge in [0.2, 0.25) is 0 Å². The molecule has 0 spiro atoms. The molecule has 0 aromatic rings. The lowest BCUT2D eigenvalue weighted by atomic mass is 9.80. The normalized spacial score (nSPS) is 32.5. The second kappa shape index (κ2) is 7.58. The summed E-state index contributed by atoms with van der Waals surface area (Å²) in [5.74, 6) is 2.07. The molecule has 2 fully saturated rings. The Balaban J connectivity index is 1.51. The Labute approximate surface area is 117 Å². The summed E-state index contributed by atoms with van der Waals surface area (Å²) in [4.78, 5) is 0. The van der Waals surface area contributed by atoms with Crippen LogP contribution < -0.4 is 5.32 Å². The summed E-state index contributed by atoms with van der Waals surface area (Å²) < 4.78 is 16.0. The third-order valence-corrected chi connectivity index (χ3v) is 4.59. The van der Waals surface area contributed by atoms with E-state index in [4.69, 9.17) is 14.2 Å². The Kier molecular flexibility index (Phi) is 6.07. The van der Waals surface area contributed by atoms with Crippen LogP contribution in [0.4, 0.5) is 0 Å². The predicted molar refractivity (Wildman–Crippen MR) is 75.3 cm³/mol. The van der Waals surface area contributed by atoms with Crippen LogP contribution in [-0.4, -0.2) is 53.7 Å². The number of fused-ring (bicyclic) bond motifs is 1. The van der Waals surface area contributed by atoms with Crippen LogP contribution in [0.25, 0.3) is 0 Å². The average Bonchev–Trinajstić information content (AvgIpc) is 3.01. The van der Waals surface area contributed by atoms with Gasteiger partial charge in [0.15, 0.2) is 0 Å². The van der Waals surface area contributed by atoms with Gasteiger partial charge in [0.25, 0.3) is 0 Å². The number of ether oxygens (including phenoxy) is 3. The highest BCUT2D eigenvalue weighted by molar-refractivity contribution is 5.03. The van der Waals surface area contributed by atoms with E-state index in [0.29, 0.717) is 31.8 Å². The van der Waals surface area contributed by atoms with Crippen molar-refractivity contribution in [2.45, 2.75) is 25.7 Å². The van der Waals surface area contributed by atoms with Gasteiger partial charge in [-0.2, -0.15) is 0 Å². The monoisotopic (exact) mass is 271 g/mol. The van der Waals surface area contributed by atoms with Gasteiger partial charge in [0.1, 0.15) is 0 Å². The predicted octanol–water partition coefficient (Wildman–Crippen LogP) is 1.69. The smallest absolute Gasteiger partial charge is 0.0701 e. The highest BCUT2D eigenvalue weighted by atomic mass is 16.5. The molecule has 1 N–H and O–H groups in total. The maximum atomic E-state index is 5.70. The minimum absolute atomic E-state index is 0.513. The Bertz CT molecular complexity index is 250. The molecule has 0 bridgehead atoms. The Morgan fingerprint density at radius 3 is 2.26 bits per heavy atom. The van der Waals surface area contributed by atoms with Crippen molar-refractivity contribution in [3.8, 4) is 0 Å². The van der Waals surface area contributed by atoms with Crippen molar-refractivity contribution < 1.29 is 14.2 Å². The van der Waals surface area contributed by atoms with Gasteiger partial charge in [-0.15, -0.1) is 0 Å². The highest BCUT2D eigenvalue weighted by Crippen LogP contribution is 2.60. The first-order chi connectivity index (χ1) is 9.29. The SMILES string of the molecule is CNCC1(CCOCCOCCOC)CC2CC2C1. The van der Waals surface area contributed by atoms with E-state index >= 15 is 0 Å². The molecule has 2 saturated carbocycles. The van der Waals surface area contributed by atoms with Crippen LogP contribution in [0.2, 0.25) is 0 Å². The van der Waals surface area contributed by atoms with Crippen molar-refractivity contribution in [3.63, 3.8) is 0 Å². The molecule has 4 heteroatoms. The summed E-state index contributed by atoms with van der Waals surface area (Å²) in [5, 5.41) is 3.37. The van der Waals surface area contributed by atoms with Crippen molar-refractivity contribution in [1.82, 2.24) is 5.32 Å². The van der Waals surface area contributed by atoms with Gasteiger partial charge in [0.05, 0.1) is 26.4 Å². The van der Waals surface area contributed by atoms with Crippen LogP contribution >= 0.6 is 0 Å². The van der Waals surface area contributed by atoms with E-state index in [2.05, 4.69) is 12.4 Å². The first-order valence-corrected chi connectivity index (χ1v) is 7.59. The van der Waals surface area contributed by atoms with Gasteiger partial charge in [-0.25, -0.2) is 0 Å². The fourth-order valence-electron chi connectivity index (χ4n) is 3.57. The second-order valence-electron chi connectivity index (χ2n) is 6.16. The molecular weight excluding hydrogens is 242 g/mol. The standard InChI is InChI=1S/C15H29NO3/c1-16-12-15(10-13-9-14(13)11-15)3-4-18-7-8-19-6-5-17-2/h13-14,16H,3-12H2,1-2H3. The molecule has 2 rings (SSSR count). The average molecular weight is 271 g/mol. The van der Waals surface area contributed by atoms with Crippen molar-refractivity contribution in [2.75, 3.05) is 53.7 Å². The molecule has 2 unspecified atom stereocenters.